The van der Waals surface area contributed by atoms with Crippen LogP contribution in [0.15, 0.2) is 64.3 Å². The molecule has 37 heavy (non-hydrogen) atoms. The molecule has 186 valence electrons. The number of benzene rings is 2. The highest BCUT2D eigenvalue weighted by atomic mass is 32.2. The Morgan fingerprint density at radius 2 is 1.76 bits per heavy atom. The summed E-state index contributed by atoms with van der Waals surface area (Å²) in [7, 11) is 0. The number of nitro benzene ring substituents is 1. The number of hydrogen-bond acceptors (Lipinski definition) is 7. The summed E-state index contributed by atoms with van der Waals surface area (Å²) in [6, 6.07) is 14.8. The third-order valence-electron chi connectivity index (χ3n) is 6.17. The molecule has 2 aromatic carbocycles. The first kappa shape index (κ1) is 24.2. The Labute approximate surface area is 215 Å². The molecule has 0 bridgehead atoms. The van der Waals surface area contributed by atoms with Crippen LogP contribution in [0.2, 0.25) is 0 Å². The molecule has 1 fully saturated rings. The van der Waals surface area contributed by atoms with E-state index in [1.54, 1.807) is 41.9 Å². The number of fused-ring (bicyclic) bond motifs is 1. The van der Waals surface area contributed by atoms with E-state index in [-0.39, 0.29) is 22.7 Å². The minimum Gasteiger partial charge on any atom is -0.268 e. The number of nitro groups is 1. The Hall–Kier alpha value is -4.51. The van der Waals surface area contributed by atoms with Gasteiger partial charge in [0.25, 0.3) is 22.4 Å². The number of imide groups is 1. The summed E-state index contributed by atoms with van der Waals surface area (Å²) < 4.78 is 3.24. The number of nitrogens with zero attached hydrogens (tertiary/aromatic N) is 5. The molecule has 0 atom stereocenters. The second kappa shape index (κ2) is 9.17. The van der Waals surface area contributed by atoms with Gasteiger partial charge in [-0.2, -0.15) is 4.68 Å². The summed E-state index contributed by atoms with van der Waals surface area (Å²) in [6.45, 7) is 5.36. The smallest absolute Gasteiger partial charge is 0.268 e. The van der Waals surface area contributed by atoms with Crippen LogP contribution in [0.25, 0.3) is 17.0 Å². The molecule has 1 aliphatic rings. The first-order valence-corrected chi connectivity index (χ1v) is 12.1. The van der Waals surface area contributed by atoms with Gasteiger partial charge in [0.05, 0.1) is 27.3 Å². The van der Waals surface area contributed by atoms with Crippen molar-refractivity contribution < 1.29 is 14.5 Å². The fourth-order valence-electron chi connectivity index (χ4n) is 4.43. The van der Waals surface area contributed by atoms with Crippen LogP contribution in [-0.2, 0) is 11.3 Å². The maximum Gasteiger partial charge on any atom is 0.293 e. The summed E-state index contributed by atoms with van der Waals surface area (Å²) in [5.74, 6) is 0.0290. The number of thioether (sulfide) groups is 1. The van der Waals surface area contributed by atoms with Crippen molar-refractivity contribution >= 4 is 45.6 Å². The second-order valence-corrected chi connectivity index (χ2v) is 9.62. The molecule has 0 radical (unpaired) electrons. The monoisotopic (exact) mass is 515 g/mol. The zero-order chi connectivity index (χ0) is 26.4. The van der Waals surface area contributed by atoms with Gasteiger partial charge in [0.15, 0.2) is 0 Å². The minimum absolute atomic E-state index is 0.0694. The highest BCUT2D eigenvalue weighted by Gasteiger charge is 2.35. The molecule has 2 amide bonds. The van der Waals surface area contributed by atoms with Crippen molar-refractivity contribution in [3.63, 3.8) is 0 Å². The maximum absolute atomic E-state index is 13.3. The molecule has 2 aromatic heterocycles. The van der Waals surface area contributed by atoms with E-state index in [0.29, 0.717) is 33.5 Å². The van der Waals surface area contributed by atoms with Crippen molar-refractivity contribution in [2.24, 2.45) is 0 Å². The van der Waals surface area contributed by atoms with E-state index < -0.39 is 16.1 Å². The van der Waals surface area contributed by atoms with Crippen LogP contribution in [0.4, 0.5) is 10.5 Å². The van der Waals surface area contributed by atoms with E-state index in [9.17, 15) is 24.5 Å². The molecule has 0 unspecified atom stereocenters. The minimum atomic E-state index is -0.523. The van der Waals surface area contributed by atoms with Gasteiger partial charge >= 0.3 is 0 Å². The summed E-state index contributed by atoms with van der Waals surface area (Å²) in [4.78, 5) is 55.4. The zero-order valence-electron chi connectivity index (χ0n) is 20.2. The third-order valence-corrected chi connectivity index (χ3v) is 7.08. The lowest BCUT2D eigenvalue weighted by Crippen LogP contribution is -2.30. The Bertz CT molecular complexity index is 1720. The van der Waals surface area contributed by atoms with Crippen LogP contribution in [0.1, 0.15) is 28.3 Å². The van der Waals surface area contributed by atoms with Gasteiger partial charge in [-0.1, -0.05) is 24.3 Å². The average molecular weight is 516 g/mol. The molecule has 0 aliphatic carbocycles. The first-order valence-electron chi connectivity index (χ1n) is 11.3. The van der Waals surface area contributed by atoms with Gasteiger partial charge in [-0.25, -0.2) is 4.98 Å². The molecular formula is C26H21N5O5S. The lowest BCUT2D eigenvalue weighted by Gasteiger charge is -2.16. The maximum atomic E-state index is 13.3. The van der Waals surface area contributed by atoms with E-state index >= 15 is 0 Å². The molecule has 10 nitrogen and oxygen atoms in total. The van der Waals surface area contributed by atoms with Crippen molar-refractivity contribution in [3.05, 3.63) is 108 Å². The lowest BCUT2D eigenvalue weighted by atomic mass is 10.2. The van der Waals surface area contributed by atoms with Crippen molar-refractivity contribution in [2.75, 3.05) is 0 Å². The fourth-order valence-corrected chi connectivity index (χ4v) is 5.26. The summed E-state index contributed by atoms with van der Waals surface area (Å²) in [6.07, 6.45) is 1.63. The van der Waals surface area contributed by atoms with Gasteiger partial charge in [-0.15, -0.1) is 0 Å². The highest BCUT2D eigenvalue weighted by molar-refractivity contribution is 8.18. The van der Waals surface area contributed by atoms with Crippen molar-refractivity contribution in [1.82, 2.24) is 19.2 Å². The Kier molecular flexibility index (Phi) is 6.00. The first-order chi connectivity index (χ1) is 17.7. The standard InChI is InChI=1S/C26H21N5O5S/c1-15-11-19(16(2)29(15)30-17(3)27-22-10-5-4-9-21(22)24(30)32)13-23-25(33)28(26(34)37-23)14-18-7-6-8-20(12-18)31(35)36/h4-13H,14H2,1-3H3. The Balaban J connectivity index is 1.50. The summed E-state index contributed by atoms with van der Waals surface area (Å²) in [5.41, 5.74) is 2.90. The Morgan fingerprint density at radius 1 is 1.00 bits per heavy atom. The van der Waals surface area contributed by atoms with Crippen LogP contribution in [-0.4, -0.2) is 35.3 Å². The second-order valence-electron chi connectivity index (χ2n) is 8.63. The van der Waals surface area contributed by atoms with Crippen LogP contribution >= 0.6 is 11.8 Å². The zero-order valence-corrected chi connectivity index (χ0v) is 21.0. The van der Waals surface area contributed by atoms with Gasteiger partial charge in [0.1, 0.15) is 5.82 Å². The average Bonchev–Trinajstić information content (AvgIpc) is 3.28. The summed E-state index contributed by atoms with van der Waals surface area (Å²) in [5, 5.41) is 11.1. The number of amides is 2. The van der Waals surface area contributed by atoms with Gasteiger partial charge < -0.3 is 0 Å². The lowest BCUT2D eigenvalue weighted by molar-refractivity contribution is -0.384. The fraction of sp³-hybridized carbons (Fsp3) is 0.154. The quantitative estimate of drug-likeness (QED) is 0.217. The summed E-state index contributed by atoms with van der Waals surface area (Å²) >= 11 is 0.809. The van der Waals surface area contributed by atoms with Gasteiger partial charge in [0, 0.05) is 23.5 Å². The molecule has 1 aliphatic heterocycles. The van der Waals surface area contributed by atoms with Crippen LogP contribution in [0, 0.1) is 30.9 Å². The molecule has 0 saturated carbocycles. The number of para-hydroxylation sites is 1. The van der Waals surface area contributed by atoms with Gasteiger partial charge in [0.2, 0.25) is 0 Å². The van der Waals surface area contributed by atoms with E-state index in [4.69, 9.17) is 0 Å². The molecular weight excluding hydrogens is 494 g/mol. The van der Waals surface area contributed by atoms with E-state index in [0.717, 1.165) is 22.4 Å². The molecule has 4 aromatic rings. The van der Waals surface area contributed by atoms with E-state index in [1.807, 2.05) is 26.0 Å². The molecule has 1 saturated heterocycles. The molecule has 0 spiro atoms. The van der Waals surface area contributed by atoms with Gasteiger partial charge in [-0.3, -0.25) is 34.1 Å². The van der Waals surface area contributed by atoms with Crippen LogP contribution in [0.3, 0.4) is 0 Å². The van der Waals surface area contributed by atoms with E-state index in [2.05, 4.69) is 4.98 Å². The molecule has 11 heteroatoms. The van der Waals surface area contributed by atoms with Gasteiger partial charge in [-0.05, 0) is 67.9 Å². The van der Waals surface area contributed by atoms with Crippen molar-refractivity contribution in [1.29, 1.82) is 0 Å². The van der Waals surface area contributed by atoms with Crippen molar-refractivity contribution in [2.45, 2.75) is 27.3 Å². The van der Waals surface area contributed by atoms with Crippen LogP contribution in [0.5, 0.6) is 0 Å². The molecule has 0 N–H and O–H groups in total. The Morgan fingerprint density at radius 3 is 2.51 bits per heavy atom. The van der Waals surface area contributed by atoms with E-state index in [1.165, 1.54) is 22.9 Å². The number of hydrogen-bond donors (Lipinski definition) is 0. The predicted octanol–water partition coefficient (Wildman–Crippen LogP) is 4.58. The molecule has 5 rings (SSSR count). The predicted molar refractivity (Wildman–Crippen MR) is 140 cm³/mol. The highest BCUT2D eigenvalue weighted by Crippen LogP contribution is 2.34. The number of rotatable bonds is 5. The normalized spacial score (nSPS) is 14.8. The molecule has 3 heterocycles. The van der Waals surface area contributed by atoms with Crippen molar-refractivity contribution in [3.8, 4) is 0 Å². The largest absolute Gasteiger partial charge is 0.293 e. The number of carbonyl (C=O) groups is 2. The topological polar surface area (TPSA) is 120 Å². The number of aryl methyl sites for hydroxylation is 2. The SMILES string of the molecule is Cc1cc(C=C2SC(=O)N(Cc3cccc([N+](=O)[O-])c3)C2=O)c(C)n1-n1c(C)nc2ccccc2c1=O. The van der Waals surface area contributed by atoms with Crippen LogP contribution < -0.4 is 5.56 Å². The number of carbonyl (C=O) groups excluding carboxylic acids is 2. The third kappa shape index (κ3) is 4.23. The number of aromatic nitrogens is 3. The number of non-ortho nitro benzene ring substituents is 1.